The van der Waals surface area contributed by atoms with Gasteiger partial charge in [0, 0.05) is 16.8 Å². The fourth-order valence-electron chi connectivity index (χ4n) is 3.07. The zero-order valence-corrected chi connectivity index (χ0v) is 15.8. The van der Waals surface area contributed by atoms with Gasteiger partial charge < -0.3 is 15.2 Å². The number of hydrogen-bond donors (Lipinski definition) is 2. The summed E-state index contributed by atoms with van der Waals surface area (Å²) in [6.45, 7) is 0. The first-order chi connectivity index (χ1) is 12.5. The molecule has 1 aliphatic heterocycles. The first-order valence-corrected chi connectivity index (χ1v) is 10.7. The van der Waals surface area contributed by atoms with Gasteiger partial charge in [-0.2, -0.15) is 0 Å². The molecule has 0 aromatic heterocycles. The van der Waals surface area contributed by atoms with E-state index in [0.717, 1.165) is 10.6 Å². The molecule has 1 aliphatic rings. The summed E-state index contributed by atoms with van der Waals surface area (Å²) in [6, 6.07) is 18.7. The first-order valence-electron chi connectivity index (χ1n) is 8.37. The molecule has 0 saturated carbocycles. The third-order valence-corrected chi connectivity index (χ3v) is 7.83. The third kappa shape index (κ3) is 3.92. The van der Waals surface area contributed by atoms with Crippen LogP contribution in [0.2, 0.25) is 0 Å². The molecule has 3 rings (SSSR count). The van der Waals surface area contributed by atoms with Crippen LogP contribution in [-0.2, 0) is 14.2 Å². The second kappa shape index (κ2) is 7.94. The summed E-state index contributed by atoms with van der Waals surface area (Å²) in [4.78, 5) is 24.0. The van der Waals surface area contributed by atoms with Crippen molar-refractivity contribution in [1.82, 2.24) is 10.6 Å². The van der Waals surface area contributed by atoms with Gasteiger partial charge in [-0.15, -0.1) is 0 Å². The summed E-state index contributed by atoms with van der Waals surface area (Å²) in [5.41, 5.74) is 0. The van der Waals surface area contributed by atoms with Crippen molar-refractivity contribution in [3.63, 3.8) is 0 Å². The molecule has 0 radical (unpaired) electrons. The van der Waals surface area contributed by atoms with Gasteiger partial charge >= 0.3 is 0 Å². The van der Waals surface area contributed by atoms with Crippen LogP contribution < -0.4 is 21.2 Å². The minimum Gasteiger partial charge on any atom is -0.314 e. The maximum atomic E-state index is 13.9. The Balaban J connectivity index is 1.78. The van der Waals surface area contributed by atoms with Gasteiger partial charge in [0.25, 0.3) is 0 Å². The Morgan fingerprint density at radius 3 is 1.77 bits per heavy atom. The average molecular weight is 386 g/mol. The molecule has 1 saturated heterocycles. The van der Waals surface area contributed by atoms with E-state index in [4.69, 9.17) is 12.2 Å². The van der Waals surface area contributed by atoms with E-state index < -0.39 is 24.9 Å². The van der Waals surface area contributed by atoms with Gasteiger partial charge in [0.15, 0.2) is 5.11 Å². The minimum atomic E-state index is -2.83. The zero-order valence-electron chi connectivity index (χ0n) is 14.1. The predicted octanol–water partition coefficient (Wildman–Crippen LogP) is 1.93. The van der Waals surface area contributed by atoms with Crippen LogP contribution in [0, 0.1) is 5.92 Å². The van der Waals surface area contributed by atoms with Crippen molar-refractivity contribution >= 4 is 46.9 Å². The summed E-state index contributed by atoms with van der Waals surface area (Å²) in [5.74, 6) is -1.59. The summed E-state index contributed by atoms with van der Waals surface area (Å²) in [7, 11) is -2.83. The minimum absolute atomic E-state index is 0.0375. The number of thiocarbonyl (C=S) groups is 1. The lowest BCUT2D eigenvalue weighted by atomic mass is 10.0. The van der Waals surface area contributed by atoms with Crippen LogP contribution in [0.4, 0.5) is 0 Å². The molecular weight excluding hydrogens is 367 g/mol. The topological polar surface area (TPSA) is 75.3 Å². The number of amides is 2. The van der Waals surface area contributed by atoms with Crippen LogP contribution >= 0.6 is 19.4 Å². The molecule has 2 N–H and O–H groups in total. The highest BCUT2D eigenvalue weighted by molar-refractivity contribution is 7.80. The van der Waals surface area contributed by atoms with Crippen LogP contribution in [0.5, 0.6) is 0 Å². The van der Waals surface area contributed by atoms with Crippen LogP contribution in [0.1, 0.15) is 12.8 Å². The van der Waals surface area contributed by atoms with Gasteiger partial charge in [0.1, 0.15) is 13.1 Å². The van der Waals surface area contributed by atoms with E-state index in [1.807, 2.05) is 60.7 Å². The van der Waals surface area contributed by atoms with Crippen molar-refractivity contribution < 1.29 is 14.2 Å². The molecule has 2 amide bonds. The predicted molar refractivity (Wildman–Crippen MR) is 106 cm³/mol. The molecule has 26 heavy (non-hydrogen) atoms. The maximum absolute atomic E-state index is 13.9. The van der Waals surface area contributed by atoms with E-state index in [0.29, 0.717) is 19.0 Å². The van der Waals surface area contributed by atoms with Crippen molar-refractivity contribution in [2.75, 3.05) is 6.16 Å². The number of rotatable bonds is 6. The molecular formula is C19H19N2O3PS. The van der Waals surface area contributed by atoms with Gasteiger partial charge in [-0.3, -0.25) is 9.59 Å². The number of nitrogens with one attached hydrogen (secondary N) is 2. The smallest absolute Gasteiger partial charge is 0.238 e. The van der Waals surface area contributed by atoms with Gasteiger partial charge in [-0.1, -0.05) is 60.7 Å². The van der Waals surface area contributed by atoms with E-state index in [1.54, 1.807) is 0 Å². The van der Waals surface area contributed by atoms with E-state index in [9.17, 15) is 14.2 Å². The van der Waals surface area contributed by atoms with E-state index in [-0.39, 0.29) is 5.11 Å². The summed E-state index contributed by atoms with van der Waals surface area (Å²) in [5, 5.41) is 6.53. The SMILES string of the molecule is O=C1NC(=S)NC(=O)C1CCCP(=O)(c1ccccc1)c1ccccc1. The van der Waals surface area contributed by atoms with Crippen molar-refractivity contribution in [3.8, 4) is 0 Å². The quantitative estimate of drug-likeness (QED) is 0.452. The molecule has 0 aliphatic carbocycles. The number of carbonyl (C=O) groups is 2. The molecule has 0 spiro atoms. The van der Waals surface area contributed by atoms with Crippen molar-refractivity contribution in [2.24, 2.45) is 5.92 Å². The Labute approximate surface area is 157 Å². The highest BCUT2D eigenvalue weighted by Gasteiger charge is 2.33. The second-order valence-electron chi connectivity index (χ2n) is 6.14. The zero-order chi connectivity index (χ0) is 18.6. The van der Waals surface area contributed by atoms with Crippen LogP contribution in [0.15, 0.2) is 60.7 Å². The summed E-state index contributed by atoms with van der Waals surface area (Å²) < 4.78 is 13.9. The lowest BCUT2D eigenvalue weighted by molar-refractivity contribution is -0.135. The van der Waals surface area contributed by atoms with Crippen LogP contribution in [0.25, 0.3) is 0 Å². The Morgan fingerprint density at radius 1 is 0.846 bits per heavy atom. The number of benzene rings is 2. The standard InChI is InChI=1S/C19H19N2O3PS/c22-17-16(18(23)21-19(26)20-17)12-7-13-25(24,14-8-3-1-4-9-14)15-10-5-2-6-11-15/h1-6,8-11,16H,7,12-13H2,(H2,20,21,22,23,26). The van der Waals surface area contributed by atoms with Crippen LogP contribution in [-0.4, -0.2) is 23.1 Å². The lowest BCUT2D eigenvalue weighted by Crippen LogP contribution is -2.55. The molecule has 134 valence electrons. The fourth-order valence-corrected chi connectivity index (χ4v) is 6.02. The highest BCUT2D eigenvalue weighted by atomic mass is 32.1. The Kier molecular flexibility index (Phi) is 5.64. The van der Waals surface area contributed by atoms with Crippen molar-refractivity contribution in [1.29, 1.82) is 0 Å². The van der Waals surface area contributed by atoms with E-state index in [1.165, 1.54) is 0 Å². The largest absolute Gasteiger partial charge is 0.314 e. The van der Waals surface area contributed by atoms with Gasteiger partial charge in [-0.25, -0.2) is 0 Å². The van der Waals surface area contributed by atoms with Crippen molar-refractivity contribution in [2.45, 2.75) is 12.8 Å². The molecule has 5 nitrogen and oxygen atoms in total. The monoisotopic (exact) mass is 386 g/mol. The van der Waals surface area contributed by atoms with Crippen molar-refractivity contribution in [3.05, 3.63) is 60.7 Å². The van der Waals surface area contributed by atoms with Gasteiger partial charge in [0.05, 0.1) is 0 Å². The van der Waals surface area contributed by atoms with E-state index in [2.05, 4.69) is 10.6 Å². The van der Waals surface area contributed by atoms with Gasteiger partial charge in [-0.05, 0) is 25.1 Å². The summed E-state index contributed by atoms with van der Waals surface area (Å²) >= 11 is 4.80. The molecule has 1 fully saturated rings. The average Bonchev–Trinajstić information content (AvgIpc) is 2.65. The fraction of sp³-hybridized carbons (Fsp3) is 0.211. The van der Waals surface area contributed by atoms with E-state index >= 15 is 0 Å². The summed E-state index contributed by atoms with van der Waals surface area (Å²) in [6.07, 6.45) is 1.20. The Bertz CT molecular complexity index is 807. The Hall–Kier alpha value is -2.30. The molecule has 7 heteroatoms. The molecule has 0 bridgehead atoms. The maximum Gasteiger partial charge on any atom is 0.238 e. The normalized spacial score (nSPS) is 15.5. The number of hydrogen-bond acceptors (Lipinski definition) is 4. The molecule has 2 aromatic rings. The molecule has 2 aromatic carbocycles. The Morgan fingerprint density at radius 2 is 1.31 bits per heavy atom. The lowest BCUT2D eigenvalue weighted by Gasteiger charge is -2.24. The molecule has 0 unspecified atom stereocenters. The molecule has 0 atom stereocenters. The third-order valence-electron chi connectivity index (χ3n) is 4.42. The second-order valence-corrected chi connectivity index (χ2v) is 9.50. The first kappa shape index (κ1) is 18.5. The number of carbonyl (C=O) groups excluding carboxylic acids is 2. The highest BCUT2D eigenvalue weighted by Crippen LogP contribution is 2.44. The van der Waals surface area contributed by atoms with Gasteiger partial charge in [0.2, 0.25) is 11.8 Å². The van der Waals surface area contributed by atoms with Crippen LogP contribution in [0.3, 0.4) is 0 Å². The molecule has 1 heterocycles.